The van der Waals surface area contributed by atoms with E-state index in [1.807, 2.05) is 37.3 Å². The van der Waals surface area contributed by atoms with Crippen LogP contribution >= 0.6 is 0 Å². The Balaban J connectivity index is 1.97. The SMILES string of the molecule is CC1CN(C(=O)NC(CCC(=O)O)Cc2ccccc2)CCCO1. The number of rotatable bonds is 6. The summed E-state index contributed by atoms with van der Waals surface area (Å²) in [6.07, 6.45) is 1.91. The molecule has 2 N–H and O–H groups in total. The Kier molecular flexibility index (Phi) is 7.06. The van der Waals surface area contributed by atoms with E-state index in [4.69, 9.17) is 9.84 Å². The molecule has 1 heterocycles. The van der Waals surface area contributed by atoms with Crippen molar-refractivity contribution in [3.8, 4) is 0 Å². The Morgan fingerprint density at radius 2 is 2.12 bits per heavy atom. The number of nitrogens with one attached hydrogen (secondary N) is 1. The second-order valence-corrected chi connectivity index (χ2v) is 6.25. The number of benzene rings is 1. The van der Waals surface area contributed by atoms with Crippen LogP contribution in [0.2, 0.25) is 0 Å². The molecule has 1 aliphatic rings. The molecule has 2 unspecified atom stereocenters. The first-order valence-corrected chi connectivity index (χ1v) is 8.47. The van der Waals surface area contributed by atoms with Crippen LogP contribution in [-0.4, -0.2) is 53.8 Å². The lowest BCUT2D eigenvalue weighted by Gasteiger charge is -2.26. The molecule has 1 saturated heterocycles. The van der Waals surface area contributed by atoms with E-state index in [-0.39, 0.29) is 24.6 Å². The van der Waals surface area contributed by atoms with Gasteiger partial charge in [0.1, 0.15) is 0 Å². The fraction of sp³-hybridized carbons (Fsp3) is 0.556. The van der Waals surface area contributed by atoms with Crippen LogP contribution in [0.15, 0.2) is 30.3 Å². The minimum absolute atomic E-state index is 0.0184. The summed E-state index contributed by atoms with van der Waals surface area (Å²) in [5, 5.41) is 12.0. The molecule has 2 atom stereocenters. The maximum atomic E-state index is 12.6. The summed E-state index contributed by atoms with van der Waals surface area (Å²) in [6, 6.07) is 9.46. The lowest BCUT2D eigenvalue weighted by atomic mass is 10.0. The molecule has 1 aromatic carbocycles. The molecule has 6 nitrogen and oxygen atoms in total. The van der Waals surface area contributed by atoms with Crippen molar-refractivity contribution in [1.82, 2.24) is 10.2 Å². The highest BCUT2D eigenvalue weighted by Crippen LogP contribution is 2.10. The first-order valence-electron chi connectivity index (χ1n) is 8.47. The summed E-state index contributed by atoms with van der Waals surface area (Å²) in [6.45, 7) is 3.84. The Hall–Kier alpha value is -2.08. The highest BCUT2D eigenvalue weighted by molar-refractivity contribution is 5.74. The normalized spacial score (nSPS) is 19.4. The summed E-state index contributed by atoms with van der Waals surface area (Å²) in [7, 11) is 0. The third kappa shape index (κ3) is 6.20. The van der Waals surface area contributed by atoms with Gasteiger partial charge < -0.3 is 20.1 Å². The molecular weight excluding hydrogens is 308 g/mol. The number of hydrogen-bond donors (Lipinski definition) is 2. The number of hydrogen-bond acceptors (Lipinski definition) is 3. The van der Waals surface area contributed by atoms with Crippen molar-refractivity contribution in [3.05, 3.63) is 35.9 Å². The molecule has 1 aromatic rings. The molecule has 6 heteroatoms. The van der Waals surface area contributed by atoms with Gasteiger partial charge in [-0.25, -0.2) is 4.79 Å². The van der Waals surface area contributed by atoms with Gasteiger partial charge in [0, 0.05) is 32.2 Å². The summed E-state index contributed by atoms with van der Waals surface area (Å²) < 4.78 is 5.56. The van der Waals surface area contributed by atoms with Crippen LogP contribution in [0.3, 0.4) is 0 Å². The maximum absolute atomic E-state index is 12.6. The van der Waals surface area contributed by atoms with E-state index in [2.05, 4.69) is 5.32 Å². The predicted molar refractivity (Wildman–Crippen MR) is 90.9 cm³/mol. The van der Waals surface area contributed by atoms with Gasteiger partial charge in [0.05, 0.1) is 6.10 Å². The van der Waals surface area contributed by atoms with Gasteiger partial charge in [-0.1, -0.05) is 30.3 Å². The van der Waals surface area contributed by atoms with E-state index in [1.165, 1.54) is 0 Å². The van der Waals surface area contributed by atoms with Crippen molar-refractivity contribution in [3.63, 3.8) is 0 Å². The van der Waals surface area contributed by atoms with Crippen molar-refractivity contribution in [2.45, 2.75) is 44.8 Å². The second-order valence-electron chi connectivity index (χ2n) is 6.25. The quantitative estimate of drug-likeness (QED) is 0.836. The summed E-state index contributed by atoms with van der Waals surface area (Å²) in [5.41, 5.74) is 1.08. The zero-order chi connectivity index (χ0) is 17.4. The van der Waals surface area contributed by atoms with E-state index < -0.39 is 5.97 Å². The number of carbonyl (C=O) groups is 2. The molecule has 0 saturated carbocycles. The van der Waals surface area contributed by atoms with Crippen molar-refractivity contribution >= 4 is 12.0 Å². The highest BCUT2D eigenvalue weighted by atomic mass is 16.5. The van der Waals surface area contributed by atoms with Gasteiger partial charge >= 0.3 is 12.0 Å². The molecule has 1 aliphatic heterocycles. The number of carbonyl (C=O) groups excluding carboxylic acids is 1. The van der Waals surface area contributed by atoms with Gasteiger partial charge in [-0.3, -0.25) is 4.79 Å². The Morgan fingerprint density at radius 1 is 1.38 bits per heavy atom. The van der Waals surface area contributed by atoms with Gasteiger partial charge in [-0.05, 0) is 31.7 Å². The lowest BCUT2D eigenvalue weighted by Crippen LogP contribution is -2.47. The molecule has 2 rings (SSSR count). The number of carboxylic acids is 1. The summed E-state index contributed by atoms with van der Waals surface area (Å²) >= 11 is 0. The van der Waals surface area contributed by atoms with Crippen LogP contribution in [0, 0.1) is 0 Å². The topological polar surface area (TPSA) is 78.9 Å². The van der Waals surface area contributed by atoms with Gasteiger partial charge in [0.2, 0.25) is 0 Å². The highest BCUT2D eigenvalue weighted by Gasteiger charge is 2.22. The van der Waals surface area contributed by atoms with E-state index >= 15 is 0 Å². The van der Waals surface area contributed by atoms with Gasteiger partial charge in [-0.15, -0.1) is 0 Å². The molecule has 0 radical (unpaired) electrons. The standard InChI is InChI=1S/C18H26N2O4/c1-14-13-20(10-5-11-24-14)18(23)19-16(8-9-17(21)22)12-15-6-3-2-4-7-15/h2-4,6-7,14,16H,5,8-13H2,1H3,(H,19,23)(H,21,22). The van der Waals surface area contributed by atoms with E-state index in [9.17, 15) is 9.59 Å². The average molecular weight is 334 g/mol. The van der Waals surface area contributed by atoms with Gasteiger partial charge in [0.25, 0.3) is 0 Å². The molecule has 132 valence electrons. The maximum Gasteiger partial charge on any atom is 0.317 e. The average Bonchev–Trinajstić information content (AvgIpc) is 2.78. The first-order chi connectivity index (χ1) is 11.5. The third-order valence-electron chi connectivity index (χ3n) is 4.10. The minimum Gasteiger partial charge on any atom is -0.481 e. The monoisotopic (exact) mass is 334 g/mol. The number of aliphatic carboxylic acids is 1. The number of amides is 2. The first kappa shape index (κ1) is 18.3. The molecule has 0 aromatic heterocycles. The molecule has 0 spiro atoms. The Labute approximate surface area is 142 Å². The number of carboxylic acid groups (broad SMARTS) is 1. The van der Waals surface area contributed by atoms with Gasteiger partial charge in [0.15, 0.2) is 0 Å². The Morgan fingerprint density at radius 3 is 2.83 bits per heavy atom. The van der Waals surface area contributed by atoms with Crippen LogP contribution in [-0.2, 0) is 16.0 Å². The van der Waals surface area contributed by atoms with Crippen molar-refractivity contribution in [1.29, 1.82) is 0 Å². The van der Waals surface area contributed by atoms with Crippen LogP contribution < -0.4 is 5.32 Å². The molecular formula is C18H26N2O4. The summed E-state index contributed by atoms with van der Waals surface area (Å²) in [4.78, 5) is 25.2. The van der Waals surface area contributed by atoms with Crippen LogP contribution in [0.25, 0.3) is 0 Å². The zero-order valence-corrected chi connectivity index (χ0v) is 14.1. The molecule has 24 heavy (non-hydrogen) atoms. The molecule has 0 aliphatic carbocycles. The van der Waals surface area contributed by atoms with Crippen molar-refractivity contribution < 1.29 is 19.4 Å². The van der Waals surface area contributed by atoms with Crippen LogP contribution in [0.5, 0.6) is 0 Å². The number of urea groups is 1. The lowest BCUT2D eigenvalue weighted by molar-refractivity contribution is -0.137. The largest absolute Gasteiger partial charge is 0.481 e. The number of ether oxygens (including phenoxy) is 1. The van der Waals surface area contributed by atoms with Crippen molar-refractivity contribution in [2.75, 3.05) is 19.7 Å². The number of nitrogens with zero attached hydrogens (tertiary/aromatic N) is 1. The second kappa shape index (κ2) is 9.27. The van der Waals surface area contributed by atoms with Gasteiger partial charge in [-0.2, -0.15) is 0 Å². The van der Waals surface area contributed by atoms with E-state index in [0.717, 1.165) is 12.0 Å². The van der Waals surface area contributed by atoms with E-state index in [1.54, 1.807) is 4.90 Å². The van der Waals surface area contributed by atoms with E-state index in [0.29, 0.717) is 32.5 Å². The van der Waals surface area contributed by atoms with Crippen LogP contribution in [0.1, 0.15) is 31.7 Å². The van der Waals surface area contributed by atoms with Crippen LogP contribution in [0.4, 0.5) is 4.79 Å². The minimum atomic E-state index is -0.848. The fourth-order valence-electron chi connectivity index (χ4n) is 2.87. The zero-order valence-electron chi connectivity index (χ0n) is 14.1. The molecule has 1 fully saturated rings. The smallest absolute Gasteiger partial charge is 0.317 e. The van der Waals surface area contributed by atoms with Crippen molar-refractivity contribution in [2.24, 2.45) is 0 Å². The molecule has 0 bridgehead atoms. The molecule has 2 amide bonds. The summed E-state index contributed by atoms with van der Waals surface area (Å²) in [5.74, 6) is -0.848. The predicted octanol–water partition coefficient (Wildman–Crippen LogP) is 2.28. The Bertz CT molecular complexity index is 535. The third-order valence-corrected chi connectivity index (χ3v) is 4.10. The fourth-order valence-corrected chi connectivity index (χ4v) is 2.87.